The molecule has 0 aliphatic heterocycles. The molecule has 1 heterocycles. The van der Waals surface area contributed by atoms with Gasteiger partial charge in [0.2, 0.25) is 0 Å². The van der Waals surface area contributed by atoms with Gasteiger partial charge in [-0.25, -0.2) is 9.78 Å². The third-order valence-electron chi connectivity index (χ3n) is 2.95. The molecule has 5 nitrogen and oxygen atoms in total. The molecule has 0 atom stereocenters. The fourth-order valence-corrected chi connectivity index (χ4v) is 1.92. The van der Waals surface area contributed by atoms with Gasteiger partial charge in [-0.2, -0.15) is 0 Å². The maximum Gasteiger partial charge on any atom is 0.321 e. The molecule has 0 fully saturated rings. The van der Waals surface area contributed by atoms with Crippen molar-refractivity contribution in [1.29, 1.82) is 0 Å². The van der Waals surface area contributed by atoms with Crippen molar-refractivity contribution in [2.75, 3.05) is 25.0 Å². The number of carbonyl (C=O) groups excluding carboxylic acids is 1. The van der Waals surface area contributed by atoms with Crippen LogP contribution in [0.25, 0.3) is 0 Å². The van der Waals surface area contributed by atoms with Crippen molar-refractivity contribution in [1.82, 2.24) is 9.88 Å². The van der Waals surface area contributed by atoms with Gasteiger partial charge in [0.15, 0.2) is 0 Å². The third kappa shape index (κ3) is 5.35. The van der Waals surface area contributed by atoms with E-state index < -0.39 is 0 Å². The Morgan fingerprint density at radius 1 is 1.45 bits per heavy atom. The predicted molar refractivity (Wildman–Crippen MR) is 81.2 cm³/mol. The lowest BCUT2D eigenvalue weighted by atomic mass is 10.2. The monoisotopic (exact) mass is 299 g/mol. The van der Waals surface area contributed by atoms with Crippen molar-refractivity contribution in [2.24, 2.45) is 0 Å². The van der Waals surface area contributed by atoms with Crippen LogP contribution in [0.1, 0.15) is 31.7 Å². The molecule has 1 aromatic rings. The van der Waals surface area contributed by atoms with Crippen LogP contribution in [0, 0.1) is 6.92 Å². The van der Waals surface area contributed by atoms with Gasteiger partial charge >= 0.3 is 6.03 Å². The molecule has 0 bridgehead atoms. The summed E-state index contributed by atoms with van der Waals surface area (Å²) in [5, 5.41) is 12.2. The van der Waals surface area contributed by atoms with Crippen LogP contribution in [0.15, 0.2) is 12.3 Å². The number of rotatable bonds is 7. The smallest absolute Gasteiger partial charge is 0.321 e. The standard InChI is InChI=1S/C14H22ClN3O2/c1-3-4-5-6-18(7-8-19)14(20)17-12-9-11(2)13(15)16-10-12/h9-10,19H,3-8H2,1-2H3,(H,17,20). The van der Waals surface area contributed by atoms with Gasteiger partial charge < -0.3 is 15.3 Å². The quantitative estimate of drug-likeness (QED) is 0.601. The number of hydrogen-bond acceptors (Lipinski definition) is 3. The van der Waals surface area contributed by atoms with E-state index in [1.165, 1.54) is 6.20 Å². The Hall–Kier alpha value is -1.33. The van der Waals surface area contributed by atoms with Gasteiger partial charge in [0, 0.05) is 13.1 Å². The molecule has 6 heteroatoms. The van der Waals surface area contributed by atoms with Crippen LogP contribution in [0.2, 0.25) is 5.15 Å². The highest BCUT2D eigenvalue weighted by atomic mass is 35.5. The van der Waals surface area contributed by atoms with E-state index in [2.05, 4.69) is 17.2 Å². The van der Waals surface area contributed by atoms with Crippen molar-refractivity contribution < 1.29 is 9.90 Å². The average molecular weight is 300 g/mol. The second-order valence-electron chi connectivity index (χ2n) is 4.68. The number of unbranched alkanes of at least 4 members (excludes halogenated alkanes) is 2. The SMILES string of the molecule is CCCCCN(CCO)C(=O)Nc1cnc(Cl)c(C)c1. The maximum atomic E-state index is 12.1. The third-order valence-corrected chi connectivity index (χ3v) is 3.35. The zero-order chi connectivity index (χ0) is 15.0. The number of pyridine rings is 1. The van der Waals surface area contributed by atoms with E-state index in [1.54, 1.807) is 11.0 Å². The van der Waals surface area contributed by atoms with E-state index >= 15 is 0 Å². The Morgan fingerprint density at radius 3 is 2.80 bits per heavy atom. The summed E-state index contributed by atoms with van der Waals surface area (Å²) >= 11 is 5.85. The van der Waals surface area contributed by atoms with Crippen molar-refractivity contribution in [2.45, 2.75) is 33.1 Å². The summed E-state index contributed by atoms with van der Waals surface area (Å²) in [6, 6.07) is 1.55. The Bertz CT molecular complexity index is 440. The predicted octanol–water partition coefficient (Wildman–Crippen LogP) is 3.06. The lowest BCUT2D eigenvalue weighted by molar-refractivity contribution is 0.187. The van der Waals surface area contributed by atoms with Crippen LogP contribution in [-0.2, 0) is 0 Å². The lowest BCUT2D eigenvalue weighted by Gasteiger charge is -2.22. The number of urea groups is 1. The first-order chi connectivity index (χ1) is 9.58. The van der Waals surface area contributed by atoms with Gasteiger partial charge in [-0.15, -0.1) is 0 Å². The molecular weight excluding hydrogens is 278 g/mol. The van der Waals surface area contributed by atoms with Gasteiger partial charge in [0.1, 0.15) is 5.15 Å². The number of aryl methyl sites for hydroxylation is 1. The van der Waals surface area contributed by atoms with Crippen molar-refractivity contribution in [3.8, 4) is 0 Å². The van der Waals surface area contributed by atoms with Crippen LogP contribution in [0.3, 0.4) is 0 Å². The summed E-state index contributed by atoms with van der Waals surface area (Å²) in [6.07, 6.45) is 4.61. The summed E-state index contributed by atoms with van der Waals surface area (Å²) in [5.74, 6) is 0. The summed E-state index contributed by atoms with van der Waals surface area (Å²) in [6.45, 7) is 4.86. The highest BCUT2D eigenvalue weighted by Gasteiger charge is 2.13. The molecule has 0 aromatic carbocycles. The number of halogens is 1. The van der Waals surface area contributed by atoms with E-state index in [9.17, 15) is 4.79 Å². The van der Waals surface area contributed by atoms with Crippen molar-refractivity contribution in [3.63, 3.8) is 0 Å². The fourth-order valence-electron chi connectivity index (χ4n) is 1.82. The zero-order valence-electron chi connectivity index (χ0n) is 12.0. The first kappa shape index (κ1) is 16.7. The minimum absolute atomic E-state index is 0.0442. The van der Waals surface area contributed by atoms with Crippen molar-refractivity contribution >= 4 is 23.3 Å². The topological polar surface area (TPSA) is 65.5 Å². The molecule has 112 valence electrons. The van der Waals surface area contributed by atoms with Crippen LogP contribution >= 0.6 is 11.6 Å². The van der Waals surface area contributed by atoms with Crippen LogP contribution < -0.4 is 5.32 Å². The van der Waals surface area contributed by atoms with Crippen LogP contribution in [0.5, 0.6) is 0 Å². The lowest BCUT2D eigenvalue weighted by Crippen LogP contribution is -2.37. The summed E-state index contributed by atoms with van der Waals surface area (Å²) < 4.78 is 0. The van der Waals surface area contributed by atoms with Crippen LogP contribution in [0.4, 0.5) is 10.5 Å². The van der Waals surface area contributed by atoms with Gasteiger partial charge in [0.05, 0.1) is 18.5 Å². The number of hydrogen-bond donors (Lipinski definition) is 2. The molecule has 0 aliphatic carbocycles. The Kier molecular flexibility index (Phi) is 7.33. The number of aliphatic hydroxyl groups is 1. The number of nitrogens with zero attached hydrogens (tertiary/aromatic N) is 2. The van der Waals surface area contributed by atoms with Crippen LogP contribution in [-0.4, -0.2) is 40.7 Å². The fraction of sp³-hybridized carbons (Fsp3) is 0.571. The van der Waals surface area contributed by atoms with E-state index in [-0.39, 0.29) is 12.6 Å². The minimum Gasteiger partial charge on any atom is -0.395 e. The number of carbonyl (C=O) groups is 1. The zero-order valence-corrected chi connectivity index (χ0v) is 12.8. The molecule has 2 amide bonds. The Morgan fingerprint density at radius 2 is 2.20 bits per heavy atom. The van der Waals surface area contributed by atoms with Crippen molar-refractivity contribution in [3.05, 3.63) is 23.0 Å². The molecule has 20 heavy (non-hydrogen) atoms. The number of amides is 2. The Balaban J connectivity index is 2.62. The second-order valence-corrected chi connectivity index (χ2v) is 5.04. The minimum atomic E-state index is -0.223. The van der Waals surface area contributed by atoms with Gasteiger partial charge in [-0.1, -0.05) is 31.4 Å². The molecule has 0 saturated carbocycles. The van der Waals surface area contributed by atoms with E-state index in [4.69, 9.17) is 16.7 Å². The number of nitrogens with one attached hydrogen (secondary N) is 1. The molecular formula is C14H22ClN3O2. The number of aromatic nitrogens is 1. The average Bonchev–Trinajstić information content (AvgIpc) is 2.42. The van der Waals surface area contributed by atoms with Gasteiger partial charge in [-0.05, 0) is 25.0 Å². The highest BCUT2D eigenvalue weighted by molar-refractivity contribution is 6.30. The van der Waals surface area contributed by atoms with Gasteiger partial charge in [-0.3, -0.25) is 0 Å². The first-order valence-corrected chi connectivity index (χ1v) is 7.25. The summed E-state index contributed by atoms with van der Waals surface area (Å²) in [7, 11) is 0. The molecule has 1 rings (SSSR count). The normalized spacial score (nSPS) is 10.4. The molecule has 2 N–H and O–H groups in total. The molecule has 0 aliphatic rings. The van der Waals surface area contributed by atoms with E-state index in [0.717, 1.165) is 24.8 Å². The summed E-state index contributed by atoms with van der Waals surface area (Å²) in [4.78, 5) is 17.7. The first-order valence-electron chi connectivity index (χ1n) is 6.87. The maximum absolute atomic E-state index is 12.1. The number of aliphatic hydroxyl groups excluding tert-OH is 1. The highest BCUT2D eigenvalue weighted by Crippen LogP contribution is 2.16. The Labute approximate surface area is 125 Å². The molecule has 1 aromatic heterocycles. The molecule has 0 radical (unpaired) electrons. The molecule has 0 unspecified atom stereocenters. The van der Waals surface area contributed by atoms with E-state index in [0.29, 0.717) is 23.9 Å². The number of anilines is 1. The van der Waals surface area contributed by atoms with Gasteiger partial charge in [0.25, 0.3) is 0 Å². The summed E-state index contributed by atoms with van der Waals surface area (Å²) in [5.41, 5.74) is 1.42. The second kappa shape index (κ2) is 8.76. The van der Waals surface area contributed by atoms with E-state index in [1.807, 2.05) is 6.92 Å². The molecule has 0 saturated heterocycles. The largest absolute Gasteiger partial charge is 0.395 e. The molecule has 0 spiro atoms.